The number of hydrogen-bond donors (Lipinski definition) is 10. The minimum atomic E-state index is -1.19. The molecule has 0 aliphatic rings. The Kier molecular flexibility index (Phi) is 230. The topological polar surface area (TPSA) is 351 Å². The molecule has 0 amide bonds. The first-order valence-electron chi connectivity index (χ1n) is 6.15. The first kappa shape index (κ1) is 104. The van der Waals surface area contributed by atoms with Gasteiger partial charge >= 0.3 is 0 Å². The smallest absolute Gasteiger partial charge is 0.132 e. The van der Waals surface area contributed by atoms with Gasteiger partial charge in [-0.3, -0.25) is 0 Å². The van der Waals surface area contributed by atoms with Crippen LogP contribution in [0.1, 0.15) is 0 Å². The summed E-state index contributed by atoms with van der Waals surface area (Å²) in [6.07, 6.45) is 3.17. The van der Waals surface area contributed by atoms with Crippen LogP contribution < -0.4 is 0 Å². The van der Waals surface area contributed by atoms with Crippen molar-refractivity contribution < 1.29 is 141 Å². The molecular weight excluding hydrogens is 892 g/mol. The summed E-state index contributed by atoms with van der Waals surface area (Å²) < 4.78 is 0. The van der Waals surface area contributed by atoms with Gasteiger partial charge in [-0.05, 0) is 0 Å². The van der Waals surface area contributed by atoms with Gasteiger partial charge in [0.15, 0.2) is 0 Å². The standard InChI is InChI=1S/4C2H6O2S2.2CH4S.2Mn.2Ni.6H2O/c4*3-1(5)2(4)6;2*1-2;;;;;;;;;;/h4*1-6H;2*2H,1H3;;;;;6*1H2/p-8. The van der Waals surface area contributed by atoms with Crippen LogP contribution in [0.5, 0.6) is 0 Å². The van der Waals surface area contributed by atoms with Gasteiger partial charge < -0.3 is 175 Å². The summed E-state index contributed by atoms with van der Waals surface area (Å²) in [5.41, 5.74) is -9.23. The van der Waals surface area contributed by atoms with Crippen LogP contribution in [0.4, 0.5) is 0 Å². The summed E-state index contributed by atoms with van der Waals surface area (Å²) in [6, 6.07) is 0. The van der Waals surface area contributed by atoms with Crippen LogP contribution in [0, 0.1) is 0 Å². The molecule has 0 aliphatic carbocycles. The molecule has 0 fully saturated rings. The zero-order valence-corrected chi connectivity index (χ0v) is 31.4. The first-order chi connectivity index (χ1) is 12.6. The largest absolute Gasteiger partial charge is 0.796 e. The van der Waals surface area contributed by atoms with Gasteiger partial charge in [0.2, 0.25) is 0 Å². The molecule has 8 unspecified atom stereocenters. The molecule has 262 valence electrons. The molecule has 0 heterocycles. The van der Waals surface area contributed by atoms with E-state index in [4.69, 9.17) is 40.9 Å². The molecule has 28 heteroatoms. The second-order valence-corrected chi connectivity index (χ2v) is 7.13. The Morgan fingerprint density at radius 1 is 0.368 bits per heavy atom. The summed E-state index contributed by atoms with van der Waals surface area (Å²) in [5.74, 6) is 0. The summed E-state index contributed by atoms with van der Waals surface area (Å²) in [7, 11) is 0. The third kappa shape index (κ3) is 149. The minimum absolute atomic E-state index is 0. The third-order valence-electron chi connectivity index (χ3n) is 0.998. The van der Waals surface area contributed by atoms with Gasteiger partial charge in [0.05, 0.1) is 0 Å². The van der Waals surface area contributed by atoms with E-state index >= 15 is 0 Å². The molecule has 0 aromatic carbocycles. The van der Waals surface area contributed by atoms with Crippen LogP contribution in [-0.4, -0.2) is 130 Å². The zero-order valence-electron chi connectivity index (χ0n) is 18.7. The Bertz CT molecular complexity index is 208. The van der Waals surface area contributed by atoms with Crippen LogP contribution in [0.15, 0.2) is 0 Å². The fourth-order valence-electron chi connectivity index (χ4n) is 0. The van der Waals surface area contributed by atoms with Crippen molar-refractivity contribution in [2.75, 3.05) is 12.5 Å². The maximum atomic E-state index is 8.17. The van der Waals surface area contributed by atoms with Gasteiger partial charge in [0.25, 0.3) is 0 Å². The Balaban J connectivity index is -0.0000000107. The van der Waals surface area contributed by atoms with Crippen LogP contribution >= 0.6 is 25.3 Å². The molecule has 14 nitrogen and oxygen atoms in total. The molecule has 0 saturated carbocycles. The number of hydrogen-bond acceptors (Lipinski definition) is 18. The predicted octanol–water partition coefficient (Wildman–Crippen LogP) is -9.00. The quantitative estimate of drug-likeness (QED) is 0.0542. The second-order valence-electron chi connectivity index (χ2n) is 3.17. The van der Waals surface area contributed by atoms with E-state index in [9.17, 15) is 0 Å². The molecule has 8 atom stereocenters. The van der Waals surface area contributed by atoms with E-state index in [1.54, 1.807) is 12.5 Å². The van der Waals surface area contributed by atoms with E-state index in [-0.39, 0.29) is 100.0 Å². The van der Waals surface area contributed by atoms with Crippen molar-refractivity contribution in [2.45, 2.75) is 43.5 Å². The van der Waals surface area contributed by atoms with E-state index < -0.39 is 43.5 Å². The maximum Gasteiger partial charge on any atom is 0.132 e. The summed E-state index contributed by atoms with van der Waals surface area (Å²) in [4.78, 5) is 0. The van der Waals surface area contributed by atoms with Crippen molar-refractivity contribution in [1.29, 1.82) is 0 Å². The maximum absolute atomic E-state index is 8.17. The molecule has 0 aromatic rings. The van der Waals surface area contributed by atoms with Gasteiger partial charge in [0, 0.05) is 67.1 Å². The van der Waals surface area contributed by atoms with E-state index in [2.05, 4.69) is 126 Å². The van der Waals surface area contributed by atoms with E-state index in [1.165, 1.54) is 0 Å². The Labute approximate surface area is 319 Å². The van der Waals surface area contributed by atoms with Gasteiger partial charge in [-0.2, -0.15) is 12.5 Å². The van der Waals surface area contributed by atoms with Crippen molar-refractivity contribution in [3.63, 3.8) is 0 Å². The Morgan fingerprint density at radius 2 is 0.421 bits per heavy atom. The molecule has 20 N–H and O–H groups in total. The fourth-order valence-corrected chi connectivity index (χ4v) is 0. The van der Waals surface area contributed by atoms with Crippen molar-refractivity contribution >= 4 is 126 Å². The summed E-state index contributed by atoms with van der Waals surface area (Å²) in [6.45, 7) is 0. The normalized spacial score (nSPS) is 12.9. The van der Waals surface area contributed by atoms with Gasteiger partial charge in [-0.25, -0.2) is 0 Å². The Hall–Kier alpha value is 4.97. The van der Waals surface area contributed by atoms with Crippen LogP contribution in [0.3, 0.4) is 0 Å². The van der Waals surface area contributed by atoms with Crippen LogP contribution in [0.2, 0.25) is 0 Å². The summed E-state index contributed by atoms with van der Waals surface area (Å²) >= 11 is 39.6. The average molecular weight is 928 g/mol. The van der Waals surface area contributed by atoms with Crippen molar-refractivity contribution in [3.8, 4) is 0 Å². The van der Waals surface area contributed by atoms with Crippen molar-refractivity contribution in [2.24, 2.45) is 0 Å². The zero-order chi connectivity index (χ0) is 24.6. The van der Waals surface area contributed by atoms with Gasteiger partial charge in [-0.15, -0.1) is 25.3 Å². The Morgan fingerprint density at radius 3 is 0.421 bits per heavy atom. The second kappa shape index (κ2) is 83.9. The number of rotatable bonds is 4. The summed E-state index contributed by atoms with van der Waals surface area (Å²) in [5, 5.41) is 64.9. The van der Waals surface area contributed by atoms with E-state index in [1.807, 2.05) is 0 Å². The third-order valence-corrected chi connectivity index (χ3v) is 3.86. The number of aliphatic hydroxyl groups is 8. The number of aliphatic hydroxyl groups excluding tert-OH is 8. The van der Waals surface area contributed by atoms with Crippen molar-refractivity contribution in [1.82, 2.24) is 0 Å². The molecular formula is C10H36Mn2Ni2O14S10-8. The number of thiol groups is 2. The first-order valence-corrected chi connectivity index (χ1v) is 11.6. The molecule has 38 heavy (non-hydrogen) atoms. The molecule has 0 aliphatic heterocycles. The SMILES string of the molecule is C[S-].C[S-].O.O.O.O.O.O.OC(S)C(O)S.OC([S-])C(O)[S-].OC([S-])C(O)[S-].OC([S-])C(O)[S-].[Mn].[Mn].[Ni].[Ni]. The van der Waals surface area contributed by atoms with Crippen LogP contribution in [-0.2, 0) is 168 Å². The van der Waals surface area contributed by atoms with E-state index in [0.717, 1.165) is 0 Å². The minimum Gasteiger partial charge on any atom is -0.796 e. The molecule has 0 bridgehead atoms. The molecule has 0 saturated heterocycles. The molecule has 0 rings (SSSR count). The van der Waals surface area contributed by atoms with Crippen molar-refractivity contribution in [3.05, 3.63) is 0 Å². The molecule has 0 aromatic heterocycles. The van der Waals surface area contributed by atoms with Gasteiger partial charge in [0.1, 0.15) is 10.9 Å². The molecule has 0 spiro atoms. The van der Waals surface area contributed by atoms with Crippen LogP contribution in [0.25, 0.3) is 0 Å². The monoisotopic (exact) mass is 926 g/mol. The van der Waals surface area contributed by atoms with Gasteiger partial charge in [-0.1, -0.05) is 32.6 Å². The van der Waals surface area contributed by atoms with E-state index in [0.29, 0.717) is 0 Å². The predicted molar refractivity (Wildman–Crippen MR) is 158 cm³/mol. The average Bonchev–Trinajstić information content (AvgIpc) is 2.59. The fraction of sp³-hybridized carbons (Fsp3) is 1.00. The molecule has 2 radical (unpaired) electrons.